The molecule has 0 saturated carbocycles. The predicted molar refractivity (Wildman–Crippen MR) is 71.2 cm³/mol. The molecule has 0 amide bonds. The third kappa shape index (κ3) is 1.05. The fourth-order valence-electron chi connectivity index (χ4n) is 4.08. The second kappa shape index (κ2) is 3.21. The summed E-state index contributed by atoms with van der Waals surface area (Å²) < 4.78 is 6.36. The van der Waals surface area contributed by atoms with Crippen molar-refractivity contribution in [1.82, 2.24) is 4.90 Å². The van der Waals surface area contributed by atoms with Gasteiger partial charge in [-0.2, -0.15) is 12.6 Å². The Morgan fingerprint density at radius 2 is 2.19 bits per heavy atom. The van der Waals surface area contributed by atoms with Crippen molar-refractivity contribution in [2.24, 2.45) is 0 Å². The number of hydrogen-bond donors (Lipinski definition) is 1. The van der Waals surface area contributed by atoms with E-state index in [9.17, 15) is 0 Å². The van der Waals surface area contributed by atoms with Gasteiger partial charge in [0.15, 0.2) is 0 Å². The topological polar surface area (TPSA) is 12.5 Å². The van der Waals surface area contributed by atoms with E-state index >= 15 is 0 Å². The lowest BCUT2D eigenvalue weighted by Gasteiger charge is -2.45. The van der Waals surface area contributed by atoms with Gasteiger partial charge in [0.1, 0.15) is 0 Å². The summed E-state index contributed by atoms with van der Waals surface area (Å²) in [5.74, 6) is 0.851. The highest BCUT2D eigenvalue weighted by Crippen LogP contribution is 2.77. The quantitative estimate of drug-likeness (QED) is 0.596. The fourth-order valence-corrected chi connectivity index (χ4v) is 5.03. The fraction of sp³-hybridized carbons (Fsp3) is 1.00. The van der Waals surface area contributed by atoms with Gasteiger partial charge in [-0.25, -0.2) is 0 Å². The molecule has 0 radical (unpaired) electrons. The summed E-state index contributed by atoms with van der Waals surface area (Å²) in [5, 5.41) is 0. The van der Waals surface area contributed by atoms with Gasteiger partial charge in [0.2, 0.25) is 6.71 Å². The van der Waals surface area contributed by atoms with Crippen LogP contribution in [-0.4, -0.2) is 40.6 Å². The van der Waals surface area contributed by atoms with Crippen molar-refractivity contribution in [3.63, 3.8) is 0 Å². The average Bonchev–Trinajstić information content (AvgIpc) is 2.46. The molecule has 4 unspecified atom stereocenters. The zero-order chi connectivity index (χ0) is 11.7. The van der Waals surface area contributed by atoms with E-state index in [1.165, 1.54) is 13.0 Å². The number of thiol groups is 1. The van der Waals surface area contributed by atoms with Crippen molar-refractivity contribution in [2.45, 2.75) is 68.8 Å². The second-order valence-corrected chi connectivity index (χ2v) is 6.82. The first-order chi connectivity index (χ1) is 7.47. The maximum atomic E-state index is 6.30. The minimum Gasteiger partial charge on any atom is -0.378 e. The molecule has 0 spiro atoms. The van der Waals surface area contributed by atoms with Gasteiger partial charge in [0.05, 0.1) is 16.4 Å². The van der Waals surface area contributed by atoms with E-state index in [0.29, 0.717) is 18.9 Å². The van der Waals surface area contributed by atoms with Gasteiger partial charge >= 0.3 is 0 Å². The highest BCUT2D eigenvalue weighted by molar-refractivity contribution is 7.85. The third-order valence-corrected chi connectivity index (χ3v) is 5.90. The Balaban J connectivity index is 1.79. The normalized spacial score (nSPS) is 46.9. The molecule has 0 aliphatic carbocycles. The minimum atomic E-state index is 0.0647. The third-order valence-electron chi connectivity index (χ3n) is 4.99. The maximum Gasteiger partial charge on any atom is 0.225 e. The number of likely N-dealkylation sites (tertiary alicyclic amines) is 1. The Kier molecular flexibility index (Phi) is 2.29. The van der Waals surface area contributed by atoms with Gasteiger partial charge in [-0.15, -0.1) is 0 Å². The molecule has 0 aromatic heterocycles. The summed E-state index contributed by atoms with van der Waals surface area (Å²) in [6.45, 7) is 10.9. The Bertz CT molecular complexity index is 326. The second-order valence-electron chi connectivity index (χ2n) is 6.14. The zero-order valence-electron chi connectivity index (χ0n) is 10.7. The molecule has 0 bridgehead atoms. The lowest BCUT2D eigenvalue weighted by molar-refractivity contribution is -0.0686. The first-order valence-corrected chi connectivity index (χ1v) is 7.09. The van der Waals surface area contributed by atoms with Gasteiger partial charge in [-0.1, -0.05) is 6.92 Å². The molecule has 3 aliphatic heterocycles. The van der Waals surface area contributed by atoms with Crippen LogP contribution in [0.1, 0.15) is 40.5 Å². The van der Waals surface area contributed by atoms with Gasteiger partial charge in [0.25, 0.3) is 0 Å². The van der Waals surface area contributed by atoms with Gasteiger partial charge in [0, 0.05) is 6.04 Å². The summed E-state index contributed by atoms with van der Waals surface area (Å²) in [5.41, 5.74) is 0.110. The molecule has 3 rings (SSSR count). The molecule has 3 heterocycles. The van der Waals surface area contributed by atoms with Crippen LogP contribution >= 0.6 is 12.6 Å². The molecule has 0 aromatic carbocycles. The summed E-state index contributed by atoms with van der Waals surface area (Å²) in [7, 11) is 0. The molecule has 0 N–H and O–H groups in total. The summed E-state index contributed by atoms with van der Waals surface area (Å²) >= 11 is 4.99. The van der Waals surface area contributed by atoms with Crippen LogP contribution in [0, 0.1) is 0 Å². The van der Waals surface area contributed by atoms with Crippen molar-refractivity contribution >= 4 is 19.3 Å². The molecule has 4 atom stereocenters. The molecular formula is C12H22BNOS. The first-order valence-electron chi connectivity index (χ1n) is 6.64. The van der Waals surface area contributed by atoms with Crippen LogP contribution in [0.2, 0.25) is 5.82 Å². The van der Waals surface area contributed by atoms with Crippen LogP contribution < -0.4 is 0 Å². The Hall–Kier alpha value is 0.335. The van der Waals surface area contributed by atoms with E-state index in [-0.39, 0.29) is 10.3 Å². The van der Waals surface area contributed by atoms with E-state index in [2.05, 4.69) is 32.6 Å². The summed E-state index contributed by atoms with van der Waals surface area (Å²) in [6, 6.07) is 0.590. The Morgan fingerprint density at radius 3 is 2.75 bits per heavy atom. The largest absolute Gasteiger partial charge is 0.378 e. The lowest BCUT2D eigenvalue weighted by Crippen LogP contribution is -2.52. The molecule has 3 saturated heterocycles. The van der Waals surface area contributed by atoms with Crippen LogP contribution in [0.15, 0.2) is 0 Å². The molecule has 2 nitrogen and oxygen atoms in total. The lowest BCUT2D eigenvalue weighted by atomic mass is 9.43. The number of rotatable bonds is 4. The van der Waals surface area contributed by atoms with Gasteiger partial charge in [-0.3, -0.25) is 4.90 Å². The smallest absolute Gasteiger partial charge is 0.225 e. The van der Waals surface area contributed by atoms with Crippen LogP contribution in [0.4, 0.5) is 0 Å². The van der Waals surface area contributed by atoms with Crippen molar-refractivity contribution in [3.05, 3.63) is 0 Å². The molecule has 90 valence electrons. The number of nitrogens with zero attached hydrogens (tertiary/aromatic N) is 1. The number of piperidine rings is 1. The highest BCUT2D eigenvalue weighted by atomic mass is 32.1. The predicted octanol–water partition coefficient (Wildman–Crippen LogP) is 2.25. The molecule has 4 heteroatoms. The van der Waals surface area contributed by atoms with Crippen LogP contribution in [0.5, 0.6) is 0 Å². The van der Waals surface area contributed by atoms with Crippen LogP contribution in [0.3, 0.4) is 0 Å². The molecule has 16 heavy (non-hydrogen) atoms. The summed E-state index contributed by atoms with van der Waals surface area (Å²) in [4.78, 5) is 2.55. The molecule has 0 aromatic rings. The molecule has 3 aliphatic rings. The van der Waals surface area contributed by atoms with E-state index in [1.54, 1.807) is 0 Å². The molecular weight excluding hydrogens is 217 g/mol. The van der Waals surface area contributed by atoms with E-state index in [1.807, 2.05) is 0 Å². The van der Waals surface area contributed by atoms with E-state index < -0.39 is 0 Å². The van der Waals surface area contributed by atoms with Crippen molar-refractivity contribution in [3.8, 4) is 0 Å². The molecule has 3 fully saturated rings. The van der Waals surface area contributed by atoms with Gasteiger partial charge in [-0.05, 0) is 46.0 Å². The SMILES string of the molecule is CCC(C)OC12CC3CN(C(C)C)C1(S)B32. The Labute approximate surface area is 105 Å². The van der Waals surface area contributed by atoms with Crippen LogP contribution in [-0.2, 0) is 4.74 Å². The number of hydrogen-bond acceptors (Lipinski definition) is 3. The summed E-state index contributed by atoms with van der Waals surface area (Å²) in [6.07, 6.45) is 2.73. The van der Waals surface area contributed by atoms with Crippen molar-refractivity contribution in [2.75, 3.05) is 6.54 Å². The zero-order valence-corrected chi connectivity index (χ0v) is 11.6. The first kappa shape index (κ1) is 11.4. The van der Waals surface area contributed by atoms with E-state index in [0.717, 1.165) is 12.2 Å². The minimum absolute atomic E-state index is 0.0647. The number of ether oxygens (including phenoxy) is 1. The standard InChI is InChI=1S/C12H22BNOS/c1-5-9(4)15-11-6-10-7-14(8(2)3)12(11,16)13(10)11/h8-10,16H,5-7H2,1-4H3. The van der Waals surface area contributed by atoms with Crippen molar-refractivity contribution in [1.29, 1.82) is 0 Å². The Morgan fingerprint density at radius 1 is 1.50 bits per heavy atom. The van der Waals surface area contributed by atoms with Crippen molar-refractivity contribution < 1.29 is 4.74 Å². The van der Waals surface area contributed by atoms with Gasteiger partial charge < -0.3 is 4.74 Å². The highest BCUT2D eigenvalue weighted by Gasteiger charge is 2.93. The van der Waals surface area contributed by atoms with Crippen LogP contribution in [0.25, 0.3) is 0 Å². The van der Waals surface area contributed by atoms with E-state index in [4.69, 9.17) is 17.4 Å². The average molecular weight is 239 g/mol. The maximum absolute atomic E-state index is 6.30. The monoisotopic (exact) mass is 239 g/mol. The number of fused-ring (bicyclic) bond motifs is 1.